The average molecular weight is 317 g/mol. The first kappa shape index (κ1) is 17.6. The lowest BCUT2D eigenvalue weighted by Crippen LogP contribution is -2.32. The van der Waals surface area contributed by atoms with Crippen LogP contribution < -0.4 is 15.5 Å². The van der Waals surface area contributed by atoms with Gasteiger partial charge >= 0.3 is 0 Å². The number of benzene rings is 1. The first-order chi connectivity index (χ1) is 11.0. The molecule has 0 aromatic heterocycles. The molecule has 0 atom stereocenters. The van der Waals surface area contributed by atoms with Gasteiger partial charge in [-0.15, -0.1) is 0 Å². The van der Waals surface area contributed by atoms with E-state index in [2.05, 4.69) is 60.6 Å². The van der Waals surface area contributed by atoms with E-state index < -0.39 is 0 Å². The van der Waals surface area contributed by atoms with Crippen LogP contribution in [0.4, 0.5) is 11.4 Å². The lowest BCUT2D eigenvalue weighted by Gasteiger charge is -2.32. The normalized spacial score (nSPS) is 15.7. The first-order valence-electron chi connectivity index (χ1n) is 8.90. The Morgan fingerprint density at radius 1 is 1.22 bits per heavy atom. The zero-order valence-electron chi connectivity index (χ0n) is 14.8. The lowest BCUT2D eigenvalue weighted by atomic mass is 9.99. The lowest BCUT2D eigenvalue weighted by molar-refractivity contribution is -0.119. The molecule has 1 aromatic carbocycles. The second-order valence-corrected chi connectivity index (χ2v) is 7.10. The van der Waals surface area contributed by atoms with E-state index in [9.17, 15) is 4.79 Å². The van der Waals surface area contributed by atoms with Gasteiger partial charge in [0.15, 0.2) is 0 Å². The SMILES string of the molecule is CC(C)CCNC(=O)CNc1ccc(N2CCC(C)CC2)cc1. The van der Waals surface area contributed by atoms with Gasteiger partial charge in [0, 0.05) is 31.0 Å². The summed E-state index contributed by atoms with van der Waals surface area (Å²) in [6.45, 7) is 10.0. The number of carbonyl (C=O) groups is 1. The summed E-state index contributed by atoms with van der Waals surface area (Å²) in [4.78, 5) is 14.2. The molecule has 0 radical (unpaired) electrons. The molecular formula is C19H31N3O. The van der Waals surface area contributed by atoms with Gasteiger partial charge in [0.25, 0.3) is 0 Å². The predicted octanol–water partition coefficient (Wildman–Crippen LogP) is 3.50. The van der Waals surface area contributed by atoms with Crippen LogP contribution in [0.3, 0.4) is 0 Å². The number of hydrogen-bond donors (Lipinski definition) is 2. The largest absolute Gasteiger partial charge is 0.376 e. The second-order valence-electron chi connectivity index (χ2n) is 7.10. The molecule has 1 aliphatic rings. The fourth-order valence-electron chi connectivity index (χ4n) is 2.80. The Bertz CT molecular complexity index is 476. The summed E-state index contributed by atoms with van der Waals surface area (Å²) in [5.74, 6) is 1.52. The van der Waals surface area contributed by atoms with E-state index in [1.807, 2.05) is 0 Å². The number of rotatable bonds is 7. The number of hydrogen-bond acceptors (Lipinski definition) is 3. The van der Waals surface area contributed by atoms with Crippen LogP contribution >= 0.6 is 0 Å². The molecule has 0 spiro atoms. The van der Waals surface area contributed by atoms with E-state index in [0.717, 1.165) is 37.7 Å². The molecule has 0 saturated carbocycles. The zero-order valence-corrected chi connectivity index (χ0v) is 14.8. The van der Waals surface area contributed by atoms with Crippen LogP contribution in [-0.4, -0.2) is 32.1 Å². The Labute approximate surface area is 140 Å². The van der Waals surface area contributed by atoms with Crippen molar-refractivity contribution in [1.29, 1.82) is 0 Å². The van der Waals surface area contributed by atoms with Crippen molar-refractivity contribution in [3.8, 4) is 0 Å². The van der Waals surface area contributed by atoms with Crippen LogP contribution in [0.1, 0.15) is 40.0 Å². The number of carbonyl (C=O) groups excluding carboxylic acids is 1. The molecule has 1 amide bonds. The predicted molar refractivity (Wildman–Crippen MR) is 98.0 cm³/mol. The number of amides is 1. The minimum atomic E-state index is 0.0553. The highest BCUT2D eigenvalue weighted by Gasteiger charge is 2.15. The van der Waals surface area contributed by atoms with Crippen molar-refractivity contribution in [3.63, 3.8) is 0 Å². The molecule has 128 valence electrons. The summed E-state index contributed by atoms with van der Waals surface area (Å²) in [6.07, 6.45) is 3.57. The number of nitrogens with zero attached hydrogens (tertiary/aromatic N) is 1. The second kappa shape index (κ2) is 8.80. The maximum atomic E-state index is 11.8. The number of nitrogens with one attached hydrogen (secondary N) is 2. The average Bonchev–Trinajstić information content (AvgIpc) is 2.54. The highest BCUT2D eigenvalue weighted by atomic mass is 16.1. The van der Waals surface area contributed by atoms with Gasteiger partial charge in [-0.05, 0) is 55.4 Å². The summed E-state index contributed by atoms with van der Waals surface area (Å²) in [5.41, 5.74) is 2.28. The van der Waals surface area contributed by atoms with Crippen molar-refractivity contribution in [3.05, 3.63) is 24.3 Å². The van der Waals surface area contributed by atoms with Crippen LogP contribution in [0.15, 0.2) is 24.3 Å². The minimum Gasteiger partial charge on any atom is -0.376 e. The van der Waals surface area contributed by atoms with Gasteiger partial charge in [-0.25, -0.2) is 0 Å². The third kappa shape index (κ3) is 6.12. The van der Waals surface area contributed by atoms with Gasteiger partial charge in [-0.3, -0.25) is 4.79 Å². The third-order valence-corrected chi connectivity index (χ3v) is 4.51. The fourth-order valence-corrected chi connectivity index (χ4v) is 2.80. The molecule has 0 aliphatic carbocycles. The van der Waals surface area contributed by atoms with Gasteiger partial charge in [0.1, 0.15) is 0 Å². The molecule has 4 nitrogen and oxygen atoms in total. The Balaban J connectivity index is 1.73. The van der Waals surface area contributed by atoms with Gasteiger partial charge in [0.2, 0.25) is 5.91 Å². The molecule has 1 heterocycles. The van der Waals surface area contributed by atoms with Crippen LogP contribution in [0, 0.1) is 11.8 Å². The van der Waals surface area contributed by atoms with Gasteiger partial charge in [-0.2, -0.15) is 0 Å². The van der Waals surface area contributed by atoms with Crippen molar-refractivity contribution >= 4 is 17.3 Å². The van der Waals surface area contributed by atoms with Crippen molar-refractivity contribution in [2.24, 2.45) is 11.8 Å². The fraction of sp³-hybridized carbons (Fsp3) is 0.632. The molecule has 1 aromatic rings. The van der Waals surface area contributed by atoms with Gasteiger partial charge in [-0.1, -0.05) is 20.8 Å². The Hall–Kier alpha value is -1.71. The Morgan fingerprint density at radius 3 is 2.48 bits per heavy atom. The van der Waals surface area contributed by atoms with E-state index in [0.29, 0.717) is 12.5 Å². The number of piperidine rings is 1. The topological polar surface area (TPSA) is 44.4 Å². The molecule has 2 N–H and O–H groups in total. The summed E-state index contributed by atoms with van der Waals surface area (Å²) >= 11 is 0. The molecule has 23 heavy (non-hydrogen) atoms. The van der Waals surface area contributed by atoms with Crippen molar-refractivity contribution < 1.29 is 4.79 Å². The van der Waals surface area contributed by atoms with E-state index in [1.54, 1.807) is 0 Å². The first-order valence-corrected chi connectivity index (χ1v) is 8.90. The van der Waals surface area contributed by atoms with Crippen LogP contribution in [0.25, 0.3) is 0 Å². The monoisotopic (exact) mass is 317 g/mol. The quantitative estimate of drug-likeness (QED) is 0.809. The highest BCUT2D eigenvalue weighted by molar-refractivity contribution is 5.80. The van der Waals surface area contributed by atoms with Gasteiger partial charge < -0.3 is 15.5 Å². The van der Waals surface area contributed by atoms with E-state index in [-0.39, 0.29) is 5.91 Å². The highest BCUT2D eigenvalue weighted by Crippen LogP contribution is 2.24. The Morgan fingerprint density at radius 2 is 1.87 bits per heavy atom. The molecular weight excluding hydrogens is 286 g/mol. The van der Waals surface area contributed by atoms with Gasteiger partial charge in [0.05, 0.1) is 6.54 Å². The van der Waals surface area contributed by atoms with Crippen LogP contribution in [-0.2, 0) is 4.79 Å². The summed E-state index contributed by atoms with van der Waals surface area (Å²) < 4.78 is 0. The van der Waals surface area contributed by atoms with Crippen LogP contribution in [0.2, 0.25) is 0 Å². The van der Waals surface area contributed by atoms with E-state index in [1.165, 1.54) is 18.5 Å². The molecule has 0 unspecified atom stereocenters. The summed E-state index contributed by atoms with van der Waals surface area (Å²) in [5, 5.41) is 6.13. The molecule has 1 fully saturated rings. The minimum absolute atomic E-state index is 0.0553. The smallest absolute Gasteiger partial charge is 0.239 e. The van der Waals surface area contributed by atoms with Crippen molar-refractivity contribution in [2.75, 3.05) is 36.4 Å². The maximum absolute atomic E-state index is 11.8. The Kier molecular flexibility index (Phi) is 6.75. The molecule has 4 heteroatoms. The summed E-state index contributed by atoms with van der Waals surface area (Å²) in [6, 6.07) is 8.42. The summed E-state index contributed by atoms with van der Waals surface area (Å²) in [7, 11) is 0. The zero-order chi connectivity index (χ0) is 16.7. The van der Waals surface area contributed by atoms with E-state index in [4.69, 9.17) is 0 Å². The molecule has 0 bridgehead atoms. The van der Waals surface area contributed by atoms with Crippen LogP contribution in [0.5, 0.6) is 0 Å². The van der Waals surface area contributed by atoms with Crippen molar-refractivity contribution in [1.82, 2.24) is 5.32 Å². The molecule has 1 aliphatic heterocycles. The van der Waals surface area contributed by atoms with E-state index >= 15 is 0 Å². The molecule has 1 saturated heterocycles. The third-order valence-electron chi connectivity index (χ3n) is 4.51. The number of anilines is 2. The molecule has 2 rings (SSSR count). The maximum Gasteiger partial charge on any atom is 0.239 e. The van der Waals surface area contributed by atoms with Crippen molar-refractivity contribution in [2.45, 2.75) is 40.0 Å². The standard InChI is InChI=1S/C19H31N3O/c1-15(2)8-11-20-19(23)14-21-17-4-6-18(7-5-17)22-12-9-16(3)10-13-22/h4-7,15-16,21H,8-14H2,1-3H3,(H,20,23).